The minimum Gasteiger partial charge on any atom is -0.497 e. The lowest BCUT2D eigenvalue weighted by Crippen LogP contribution is -2.45. The zero-order valence-corrected chi connectivity index (χ0v) is 19.1. The van der Waals surface area contributed by atoms with Gasteiger partial charge < -0.3 is 13.9 Å². The molecule has 0 aliphatic carbocycles. The van der Waals surface area contributed by atoms with Crippen LogP contribution in [-0.2, 0) is 6.54 Å². The molecule has 1 aromatic heterocycles. The summed E-state index contributed by atoms with van der Waals surface area (Å²) >= 11 is 0. The van der Waals surface area contributed by atoms with Crippen LogP contribution in [0.15, 0.2) is 59.0 Å². The van der Waals surface area contributed by atoms with Crippen molar-refractivity contribution in [2.75, 3.05) is 46.9 Å². The van der Waals surface area contributed by atoms with Gasteiger partial charge in [-0.25, -0.2) is 4.98 Å². The van der Waals surface area contributed by atoms with Crippen LogP contribution in [0.4, 0.5) is 0 Å². The summed E-state index contributed by atoms with van der Waals surface area (Å²) in [7, 11) is 3.30. The first-order valence-electron chi connectivity index (χ1n) is 11.0. The van der Waals surface area contributed by atoms with Crippen molar-refractivity contribution in [2.45, 2.75) is 13.5 Å². The van der Waals surface area contributed by atoms with Crippen molar-refractivity contribution in [2.24, 2.45) is 0 Å². The maximum Gasteiger partial charge on any atom is 0.230 e. The van der Waals surface area contributed by atoms with Gasteiger partial charge in [0, 0.05) is 39.3 Å². The van der Waals surface area contributed by atoms with Crippen LogP contribution in [-0.4, -0.2) is 61.7 Å². The number of oxazole rings is 1. The predicted octanol–water partition coefficient (Wildman–Crippen LogP) is 4.50. The van der Waals surface area contributed by atoms with Gasteiger partial charge in [0.15, 0.2) is 0 Å². The molecule has 4 rings (SSSR count). The van der Waals surface area contributed by atoms with Gasteiger partial charge in [-0.3, -0.25) is 9.80 Å². The lowest BCUT2D eigenvalue weighted by Gasteiger charge is -2.33. The summed E-state index contributed by atoms with van der Waals surface area (Å²) in [6.45, 7) is 7.87. The number of hydrogen-bond acceptors (Lipinski definition) is 6. The lowest BCUT2D eigenvalue weighted by atomic mass is 10.2. The average molecular weight is 434 g/mol. The van der Waals surface area contributed by atoms with E-state index in [1.165, 1.54) is 5.56 Å². The van der Waals surface area contributed by atoms with Gasteiger partial charge in [0.2, 0.25) is 5.89 Å². The molecule has 1 aliphatic rings. The Labute approximate surface area is 190 Å². The van der Waals surface area contributed by atoms with Crippen LogP contribution in [0, 0.1) is 6.92 Å². The number of nitrogens with zero attached hydrogens (tertiary/aromatic N) is 3. The number of aryl methyl sites for hydroxylation is 1. The zero-order valence-electron chi connectivity index (χ0n) is 19.1. The maximum atomic E-state index is 6.01. The van der Waals surface area contributed by atoms with Crippen LogP contribution >= 0.6 is 0 Å². The minimum atomic E-state index is 0.568. The third-order valence-electron chi connectivity index (χ3n) is 5.84. The fraction of sp³-hybridized carbons (Fsp3) is 0.346. The molecule has 6 heteroatoms. The standard InChI is InChI=1S/C26H31N3O3/c1-20-24(27-26(32-20)23-18-22(30-2)11-12-25(23)31-3)19-29-16-14-28(15-17-29)13-7-10-21-8-5-4-6-9-21/h4-12,18H,13-17,19H2,1-3H3/b10-7+. The van der Waals surface area contributed by atoms with E-state index in [1.54, 1.807) is 14.2 Å². The molecule has 0 N–H and O–H groups in total. The molecule has 2 aromatic carbocycles. The molecule has 2 heterocycles. The van der Waals surface area contributed by atoms with E-state index in [2.05, 4.69) is 46.2 Å². The summed E-state index contributed by atoms with van der Waals surface area (Å²) in [5.41, 5.74) is 3.02. The SMILES string of the molecule is COc1ccc(OC)c(-c2nc(CN3CCN(C/C=C/c4ccccc4)CC3)c(C)o2)c1. The van der Waals surface area contributed by atoms with E-state index in [4.69, 9.17) is 18.9 Å². The van der Waals surface area contributed by atoms with Gasteiger partial charge in [-0.05, 0) is 30.7 Å². The summed E-state index contributed by atoms with van der Waals surface area (Å²) in [4.78, 5) is 9.72. The smallest absolute Gasteiger partial charge is 0.230 e. The van der Waals surface area contributed by atoms with Crippen molar-refractivity contribution in [3.63, 3.8) is 0 Å². The molecule has 0 saturated carbocycles. The summed E-state index contributed by atoms with van der Waals surface area (Å²) in [5, 5.41) is 0. The first-order chi connectivity index (χ1) is 15.7. The van der Waals surface area contributed by atoms with Crippen LogP contribution in [0.3, 0.4) is 0 Å². The van der Waals surface area contributed by atoms with Gasteiger partial charge >= 0.3 is 0 Å². The van der Waals surface area contributed by atoms with Gasteiger partial charge in [-0.1, -0.05) is 42.5 Å². The van der Waals surface area contributed by atoms with Crippen LogP contribution < -0.4 is 9.47 Å². The molecular formula is C26H31N3O3. The Balaban J connectivity index is 1.34. The van der Waals surface area contributed by atoms with E-state index < -0.39 is 0 Å². The Morgan fingerprint density at radius 1 is 0.969 bits per heavy atom. The van der Waals surface area contributed by atoms with Crippen LogP contribution in [0.25, 0.3) is 17.5 Å². The number of hydrogen-bond donors (Lipinski definition) is 0. The van der Waals surface area contributed by atoms with E-state index in [0.29, 0.717) is 5.89 Å². The fourth-order valence-electron chi connectivity index (χ4n) is 3.91. The van der Waals surface area contributed by atoms with Gasteiger partial charge in [0.05, 0.1) is 25.5 Å². The van der Waals surface area contributed by atoms with E-state index in [-0.39, 0.29) is 0 Å². The summed E-state index contributed by atoms with van der Waals surface area (Å²) < 4.78 is 16.9. The molecule has 1 saturated heterocycles. The Morgan fingerprint density at radius 3 is 2.44 bits per heavy atom. The second-order valence-corrected chi connectivity index (χ2v) is 7.98. The maximum absolute atomic E-state index is 6.01. The van der Waals surface area contributed by atoms with Crippen molar-refractivity contribution in [1.82, 2.24) is 14.8 Å². The van der Waals surface area contributed by atoms with Crippen molar-refractivity contribution < 1.29 is 13.9 Å². The average Bonchev–Trinajstić information content (AvgIpc) is 3.20. The Hall–Kier alpha value is -3.09. The number of aromatic nitrogens is 1. The molecule has 0 unspecified atom stereocenters. The van der Waals surface area contributed by atoms with Gasteiger partial charge in [0.25, 0.3) is 0 Å². The number of piperazine rings is 1. The highest BCUT2D eigenvalue weighted by Gasteiger charge is 2.21. The molecule has 0 atom stereocenters. The summed E-state index contributed by atoms with van der Waals surface area (Å²) in [6, 6.07) is 16.1. The van der Waals surface area contributed by atoms with E-state index >= 15 is 0 Å². The summed E-state index contributed by atoms with van der Waals surface area (Å²) in [6.07, 6.45) is 4.44. The first kappa shape index (κ1) is 22.1. The molecule has 0 spiro atoms. The Bertz CT molecular complexity index is 1040. The van der Waals surface area contributed by atoms with Crippen molar-refractivity contribution in [3.8, 4) is 23.0 Å². The minimum absolute atomic E-state index is 0.568. The molecule has 1 aliphatic heterocycles. The van der Waals surface area contributed by atoms with Crippen LogP contribution in [0.2, 0.25) is 0 Å². The lowest BCUT2D eigenvalue weighted by molar-refractivity contribution is 0.135. The van der Waals surface area contributed by atoms with Crippen molar-refractivity contribution >= 4 is 6.08 Å². The van der Waals surface area contributed by atoms with Gasteiger partial charge in [0.1, 0.15) is 17.3 Å². The highest BCUT2D eigenvalue weighted by Crippen LogP contribution is 2.34. The largest absolute Gasteiger partial charge is 0.497 e. The predicted molar refractivity (Wildman–Crippen MR) is 127 cm³/mol. The van der Waals surface area contributed by atoms with Gasteiger partial charge in [-0.2, -0.15) is 0 Å². The topological polar surface area (TPSA) is 51.0 Å². The molecule has 168 valence electrons. The highest BCUT2D eigenvalue weighted by atomic mass is 16.5. The molecular weight excluding hydrogens is 402 g/mol. The van der Waals surface area contributed by atoms with Gasteiger partial charge in [-0.15, -0.1) is 0 Å². The van der Waals surface area contributed by atoms with E-state index in [9.17, 15) is 0 Å². The zero-order chi connectivity index (χ0) is 22.3. The number of ether oxygens (including phenoxy) is 2. The molecule has 6 nitrogen and oxygen atoms in total. The Kier molecular flexibility index (Phi) is 7.24. The van der Waals surface area contributed by atoms with Crippen LogP contribution in [0.1, 0.15) is 17.0 Å². The van der Waals surface area contributed by atoms with Crippen molar-refractivity contribution in [3.05, 3.63) is 71.6 Å². The summed E-state index contributed by atoms with van der Waals surface area (Å²) in [5.74, 6) is 2.88. The van der Waals surface area contributed by atoms with Crippen molar-refractivity contribution in [1.29, 1.82) is 0 Å². The number of methoxy groups -OCH3 is 2. The Morgan fingerprint density at radius 2 is 1.72 bits per heavy atom. The number of benzene rings is 2. The molecule has 32 heavy (non-hydrogen) atoms. The first-order valence-corrected chi connectivity index (χ1v) is 11.0. The third-order valence-corrected chi connectivity index (χ3v) is 5.84. The molecule has 0 bridgehead atoms. The molecule has 1 fully saturated rings. The molecule has 0 radical (unpaired) electrons. The molecule has 3 aromatic rings. The second kappa shape index (κ2) is 10.5. The molecule has 0 amide bonds. The monoisotopic (exact) mass is 433 g/mol. The number of rotatable bonds is 8. The van der Waals surface area contributed by atoms with E-state index in [0.717, 1.165) is 67.8 Å². The fourth-order valence-corrected chi connectivity index (χ4v) is 3.91. The van der Waals surface area contributed by atoms with E-state index in [1.807, 2.05) is 31.2 Å². The van der Waals surface area contributed by atoms with Crippen LogP contribution in [0.5, 0.6) is 11.5 Å². The quantitative estimate of drug-likeness (QED) is 0.521. The highest BCUT2D eigenvalue weighted by molar-refractivity contribution is 5.65. The second-order valence-electron chi connectivity index (χ2n) is 7.98. The normalized spacial score (nSPS) is 15.3. The third kappa shape index (κ3) is 5.39.